The summed E-state index contributed by atoms with van der Waals surface area (Å²) in [5.41, 5.74) is -0.538. The molecule has 1 aromatic rings. The van der Waals surface area contributed by atoms with E-state index in [1.807, 2.05) is 65.0 Å². The minimum atomic E-state index is -1.14. The Labute approximate surface area is 129 Å². The highest BCUT2D eigenvalue weighted by molar-refractivity contribution is 7.85. The van der Waals surface area contributed by atoms with E-state index in [-0.39, 0.29) is 12.0 Å². The smallest absolute Gasteiger partial charge is 0.407 e. The first-order valence-electron chi connectivity index (χ1n) is 7.12. The normalized spacial score (nSPS) is 14.6. The molecular weight excluding hydrogens is 286 g/mol. The Morgan fingerprint density at radius 2 is 1.81 bits per heavy atom. The summed E-state index contributed by atoms with van der Waals surface area (Å²) in [4.78, 5) is 12.6. The van der Waals surface area contributed by atoms with Gasteiger partial charge in [0.15, 0.2) is 0 Å². The lowest BCUT2D eigenvalue weighted by Crippen LogP contribution is -2.44. The summed E-state index contributed by atoms with van der Waals surface area (Å²) in [6.45, 7) is 9.44. The molecule has 1 aromatic carbocycles. The first-order chi connectivity index (χ1) is 9.69. The van der Waals surface area contributed by atoms with Gasteiger partial charge in [0, 0.05) is 16.7 Å². The van der Waals surface area contributed by atoms with E-state index >= 15 is 0 Å². The van der Waals surface area contributed by atoms with Gasteiger partial charge in [-0.1, -0.05) is 32.0 Å². The fourth-order valence-electron chi connectivity index (χ4n) is 1.69. The van der Waals surface area contributed by atoms with E-state index in [0.717, 1.165) is 4.90 Å². The molecule has 1 unspecified atom stereocenters. The van der Waals surface area contributed by atoms with Gasteiger partial charge in [0.05, 0.1) is 10.8 Å². The Morgan fingerprint density at radius 3 is 2.29 bits per heavy atom. The lowest BCUT2D eigenvalue weighted by molar-refractivity contribution is 0.0497. The summed E-state index contributed by atoms with van der Waals surface area (Å²) in [5, 5.41) is 2.82. The van der Waals surface area contributed by atoms with Crippen LogP contribution in [0.3, 0.4) is 0 Å². The molecule has 118 valence electrons. The van der Waals surface area contributed by atoms with Gasteiger partial charge >= 0.3 is 6.09 Å². The van der Waals surface area contributed by atoms with Crippen LogP contribution in [0.4, 0.5) is 4.79 Å². The van der Waals surface area contributed by atoms with Gasteiger partial charge in [0.1, 0.15) is 5.60 Å². The molecule has 0 saturated heterocycles. The number of rotatable bonds is 5. The average Bonchev–Trinajstić information content (AvgIpc) is 2.36. The summed E-state index contributed by atoms with van der Waals surface area (Å²) >= 11 is 0. The third kappa shape index (κ3) is 6.76. The van der Waals surface area contributed by atoms with Crippen LogP contribution in [0, 0.1) is 5.92 Å². The standard InChI is InChI=1S/C16H25NO3S/c1-12(2)14(17-15(18)20-16(3,4)5)11-21(19)13-9-7-6-8-10-13/h6-10,12,14H,11H2,1-5H3,(H,17,18)/t14-,21?/m0/s1. The number of ether oxygens (including phenoxy) is 1. The highest BCUT2D eigenvalue weighted by atomic mass is 32.2. The van der Waals surface area contributed by atoms with Gasteiger partial charge in [0.2, 0.25) is 0 Å². The van der Waals surface area contributed by atoms with Gasteiger partial charge in [-0.15, -0.1) is 0 Å². The number of hydrogen-bond acceptors (Lipinski definition) is 3. The Bertz CT molecular complexity index is 480. The van der Waals surface area contributed by atoms with E-state index in [1.54, 1.807) is 0 Å². The average molecular weight is 311 g/mol. The van der Waals surface area contributed by atoms with Crippen LogP contribution < -0.4 is 5.32 Å². The highest BCUT2D eigenvalue weighted by Gasteiger charge is 2.23. The van der Waals surface area contributed by atoms with Crippen molar-refractivity contribution in [3.63, 3.8) is 0 Å². The Kier molecular flexibility index (Phi) is 6.40. The van der Waals surface area contributed by atoms with Crippen LogP contribution in [-0.4, -0.2) is 27.7 Å². The summed E-state index contributed by atoms with van der Waals surface area (Å²) in [5.74, 6) is 0.547. The molecule has 0 aliphatic heterocycles. The molecule has 0 saturated carbocycles. The first-order valence-corrected chi connectivity index (χ1v) is 8.44. The molecule has 0 aromatic heterocycles. The maximum absolute atomic E-state index is 12.3. The number of hydrogen-bond donors (Lipinski definition) is 1. The fraction of sp³-hybridized carbons (Fsp3) is 0.562. The minimum absolute atomic E-state index is 0.171. The number of carbonyl (C=O) groups excluding carboxylic acids is 1. The van der Waals surface area contributed by atoms with Crippen molar-refractivity contribution in [1.29, 1.82) is 0 Å². The van der Waals surface area contributed by atoms with Crippen molar-refractivity contribution in [2.24, 2.45) is 5.92 Å². The van der Waals surface area contributed by atoms with Crippen LogP contribution in [0.5, 0.6) is 0 Å². The topological polar surface area (TPSA) is 55.4 Å². The Balaban J connectivity index is 2.66. The predicted octanol–water partition coefficient (Wildman–Crippen LogP) is 3.34. The molecule has 1 rings (SSSR count). The van der Waals surface area contributed by atoms with Gasteiger partial charge < -0.3 is 10.1 Å². The fourth-order valence-corrected chi connectivity index (χ4v) is 3.14. The summed E-state index contributed by atoms with van der Waals surface area (Å²) in [7, 11) is -1.14. The van der Waals surface area contributed by atoms with Crippen LogP contribution in [0.25, 0.3) is 0 Å². The molecule has 4 nitrogen and oxygen atoms in total. The maximum Gasteiger partial charge on any atom is 0.407 e. The molecule has 0 fully saturated rings. The van der Waals surface area contributed by atoms with E-state index in [2.05, 4.69) is 5.32 Å². The molecule has 0 bridgehead atoms. The largest absolute Gasteiger partial charge is 0.444 e. The molecule has 21 heavy (non-hydrogen) atoms. The van der Waals surface area contributed by atoms with Crippen LogP contribution in [0.1, 0.15) is 34.6 Å². The van der Waals surface area contributed by atoms with Crippen molar-refractivity contribution in [3.8, 4) is 0 Å². The molecular formula is C16H25NO3S. The number of benzene rings is 1. The van der Waals surface area contributed by atoms with Gasteiger partial charge in [0.25, 0.3) is 0 Å². The summed E-state index contributed by atoms with van der Waals surface area (Å²) < 4.78 is 17.6. The monoisotopic (exact) mass is 311 g/mol. The van der Waals surface area contributed by atoms with Crippen molar-refractivity contribution in [2.75, 3.05) is 5.75 Å². The Morgan fingerprint density at radius 1 is 1.24 bits per heavy atom. The summed E-state index contributed by atoms with van der Waals surface area (Å²) in [6, 6.07) is 9.08. The number of amides is 1. The van der Waals surface area contributed by atoms with E-state index in [4.69, 9.17) is 4.74 Å². The maximum atomic E-state index is 12.3. The van der Waals surface area contributed by atoms with E-state index < -0.39 is 22.5 Å². The zero-order chi connectivity index (χ0) is 16.0. The second kappa shape index (κ2) is 7.59. The minimum Gasteiger partial charge on any atom is -0.444 e. The Hall–Kier alpha value is -1.36. The van der Waals surface area contributed by atoms with Crippen LogP contribution in [0.15, 0.2) is 35.2 Å². The van der Waals surface area contributed by atoms with Gasteiger partial charge in [-0.3, -0.25) is 4.21 Å². The van der Waals surface area contributed by atoms with Gasteiger partial charge in [-0.25, -0.2) is 4.79 Å². The van der Waals surface area contributed by atoms with E-state index in [1.165, 1.54) is 0 Å². The van der Waals surface area contributed by atoms with Crippen molar-refractivity contribution >= 4 is 16.9 Å². The van der Waals surface area contributed by atoms with Gasteiger partial charge in [-0.05, 0) is 38.8 Å². The second-order valence-electron chi connectivity index (χ2n) is 6.32. The van der Waals surface area contributed by atoms with Crippen LogP contribution in [0.2, 0.25) is 0 Å². The third-order valence-electron chi connectivity index (χ3n) is 2.84. The molecule has 0 spiro atoms. The second-order valence-corrected chi connectivity index (χ2v) is 7.82. The van der Waals surface area contributed by atoms with Crippen molar-refractivity contribution < 1.29 is 13.7 Å². The molecule has 0 aliphatic carbocycles. The molecule has 1 N–H and O–H groups in total. The number of nitrogens with one attached hydrogen (secondary N) is 1. The van der Waals surface area contributed by atoms with Crippen LogP contribution in [-0.2, 0) is 15.5 Å². The zero-order valence-electron chi connectivity index (χ0n) is 13.4. The lowest BCUT2D eigenvalue weighted by atomic mass is 10.1. The molecule has 0 radical (unpaired) electrons. The van der Waals surface area contributed by atoms with Gasteiger partial charge in [-0.2, -0.15) is 0 Å². The zero-order valence-corrected chi connectivity index (χ0v) is 14.2. The number of carbonyl (C=O) groups is 1. The predicted molar refractivity (Wildman–Crippen MR) is 85.7 cm³/mol. The van der Waals surface area contributed by atoms with Crippen molar-refractivity contribution in [2.45, 2.75) is 51.2 Å². The molecule has 5 heteroatoms. The van der Waals surface area contributed by atoms with Crippen molar-refractivity contribution in [3.05, 3.63) is 30.3 Å². The molecule has 1 amide bonds. The highest BCUT2D eigenvalue weighted by Crippen LogP contribution is 2.12. The molecule has 0 heterocycles. The SMILES string of the molecule is CC(C)[C@H](CS(=O)c1ccccc1)NC(=O)OC(C)(C)C. The first kappa shape index (κ1) is 17.7. The van der Waals surface area contributed by atoms with Crippen LogP contribution >= 0.6 is 0 Å². The van der Waals surface area contributed by atoms with Crippen molar-refractivity contribution in [1.82, 2.24) is 5.32 Å². The summed E-state index contributed by atoms with van der Waals surface area (Å²) in [6.07, 6.45) is -0.466. The molecule has 0 aliphatic rings. The lowest BCUT2D eigenvalue weighted by Gasteiger charge is -2.25. The third-order valence-corrected chi connectivity index (χ3v) is 4.30. The molecule has 2 atom stereocenters. The quantitative estimate of drug-likeness (QED) is 0.907. The number of alkyl carbamates (subject to hydrolysis) is 1. The van der Waals surface area contributed by atoms with E-state index in [9.17, 15) is 9.00 Å². The van der Waals surface area contributed by atoms with E-state index in [0.29, 0.717) is 5.75 Å².